The zero-order chi connectivity index (χ0) is 23.6. The highest BCUT2D eigenvalue weighted by Gasteiger charge is 2.24. The summed E-state index contributed by atoms with van der Waals surface area (Å²) in [6.07, 6.45) is 16.3. The molecule has 2 aromatic rings. The third-order valence-electron chi connectivity index (χ3n) is 8.14. The molecule has 0 unspecified atom stereocenters. The van der Waals surface area contributed by atoms with E-state index in [9.17, 15) is 0 Å². The molecule has 2 atom stereocenters. The van der Waals surface area contributed by atoms with Gasteiger partial charge in [-0.3, -0.25) is 0 Å². The fourth-order valence-corrected chi connectivity index (χ4v) is 5.91. The van der Waals surface area contributed by atoms with Crippen molar-refractivity contribution in [3.05, 3.63) is 59.7 Å². The Balaban J connectivity index is 1.24. The normalized spacial score (nSPS) is 25.4. The van der Waals surface area contributed by atoms with Crippen LogP contribution in [0.1, 0.15) is 114 Å². The number of ether oxygens (including phenoxy) is 2. The lowest BCUT2D eigenvalue weighted by molar-refractivity contribution is -0.137. The van der Waals surface area contributed by atoms with Crippen molar-refractivity contribution in [2.75, 3.05) is 13.2 Å². The van der Waals surface area contributed by atoms with E-state index in [-0.39, 0.29) is 12.2 Å². The van der Waals surface area contributed by atoms with Gasteiger partial charge in [-0.1, -0.05) is 107 Å². The van der Waals surface area contributed by atoms with Crippen LogP contribution in [0.2, 0.25) is 0 Å². The molecule has 1 heterocycles. The van der Waals surface area contributed by atoms with Crippen molar-refractivity contribution in [2.24, 2.45) is 5.92 Å². The van der Waals surface area contributed by atoms with Crippen molar-refractivity contribution in [2.45, 2.75) is 109 Å². The van der Waals surface area contributed by atoms with E-state index in [0.29, 0.717) is 6.61 Å². The van der Waals surface area contributed by atoms with Crippen LogP contribution >= 0.6 is 0 Å². The second kappa shape index (κ2) is 13.4. The standard InChI is InChI=1S/C32H46O2/c1-3-5-6-7-8-10-31-23-34-32(24-33-31)30-21-19-29(20-22-30)28-17-15-27(16-18-28)26-13-11-25(9-4-2)12-14-26/h15-22,25-26,31-32H,3-14,23-24H2,1-2H3/t25?,26?,31-,32-/m1/s1. The highest BCUT2D eigenvalue weighted by molar-refractivity contribution is 5.64. The molecule has 0 radical (unpaired) electrons. The second-order valence-corrected chi connectivity index (χ2v) is 10.7. The van der Waals surface area contributed by atoms with Gasteiger partial charge in [0.2, 0.25) is 0 Å². The van der Waals surface area contributed by atoms with Gasteiger partial charge in [-0.2, -0.15) is 0 Å². The van der Waals surface area contributed by atoms with E-state index < -0.39 is 0 Å². The molecule has 2 aliphatic rings. The van der Waals surface area contributed by atoms with Gasteiger partial charge in [0.15, 0.2) is 0 Å². The summed E-state index contributed by atoms with van der Waals surface area (Å²) >= 11 is 0. The summed E-state index contributed by atoms with van der Waals surface area (Å²) in [6, 6.07) is 18.3. The van der Waals surface area contributed by atoms with E-state index in [1.165, 1.54) is 92.9 Å². The Kier molecular flexibility index (Phi) is 10.1. The molecular weight excluding hydrogens is 416 g/mol. The highest BCUT2D eigenvalue weighted by atomic mass is 16.6. The molecule has 1 saturated carbocycles. The molecule has 186 valence electrons. The summed E-state index contributed by atoms with van der Waals surface area (Å²) < 4.78 is 12.3. The summed E-state index contributed by atoms with van der Waals surface area (Å²) in [5, 5.41) is 0. The number of benzene rings is 2. The first-order chi connectivity index (χ1) is 16.8. The van der Waals surface area contributed by atoms with Crippen LogP contribution < -0.4 is 0 Å². The van der Waals surface area contributed by atoms with E-state index in [4.69, 9.17) is 9.47 Å². The van der Waals surface area contributed by atoms with Gasteiger partial charge in [-0.25, -0.2) is 0 Å². The van der Waals surface area contributed by atoms with Gasteiger partial charge >= 0.3 is 0 Å². The summed E-state index contributed by atoms with van der Waals surface area (Å²) in [4.78, 5) is 0. The second-order valence-electron chi connectivity index (χ2n) is 10.7. The fraction of sp³-hybridized carbons (Fsp3) is 0.625. The number of rotatable bonds is 11. The zero-order valence-corrected chi connectivity index (χ0v) is 21.6. The fourth-order valence-electron chi connectivity index (χ4n) is 5.91. The van der Waals surface area contributed by atoms with Crippen molar-refractivity contribution in [3.63, 3.8) is 0 Å². The van der Waals surface area contributed by atoms with Crippen LogP contribution in [0.15, 0.2) is 48.5 Å². The first kappa shape index (κ1) is 25.5. The van der Waals surface area contributed by atoms with E-state index >= 15 is 0 Å². The molecule has 4 rings (SSSR count). The minimum atomic E-state index is 0.0654. The average molecular weight is 463 g/mol. The van der Waals surface area contributed by atoms with Crippen molar-refractivity contribution in [1.82, 2.24) is 0 Å². The molecule has 0 amide bonds. The maximum Gasteiger partial charge on any atom is 0.106 e. The molecule has 1 aliphatic heterocycles. The van der Waals surface area contributed by atoms with Crippen LogP contribution in [0.4, 0.5) is 0 Å². The summed E-state index contributed by atoms with van der Waals surface area (Å²) in [7, 11) is 0. The third kappa shape index (κ3) is 7.18. The predicted octanol–water partition coefficient (Wildman–Crippen LogP) is 9.24. The molecular formula is C32H46O2. The Morgan fingerprint density at radius 3 is 1.85 bits per heavy atom. The molecule has 0 aromatic heterocycles. The van der Waals surface area contributed by atoms with Crippen molar-refractivity contribution in [3.8, 4) is 11.1 Å². The van der Waals surface area contributed by atoms with Gasteiger partial charge in [-0.05, 0) is 66.2 Å². The van der Waals surface area contributed by atoms with E-state index in [1.807, 2.05) is 0 Å². The molecule has 2 nitrogen and oxygen atoms in total. The Bertz CT molecular complexity index is 809. The number of unbranched alkanes of at least 4 members (excludes halogenated alkanes) is 4. The molecule has 2 fully saturated rings. The molecule has 1 saturated heterocycles. The van der Waals surface area contributed by atoms with Crippen molar-refractivity contribution < 1.29 is 9.47 Å². The van der Waals surface area contributed by atoms with Crippen LogP contribution in [-0.4, -0.2) is 19.3 Å². The Morgan fingerprint density at radius 2 is 1.26 bits per heavy atom. The van der Waals surface area contributed by atoms with E-state index in [0.717, 1.165) is 24.9 Å². The quantitative estimate of drug-likeness (QED) is 0.310. The first-order valence-electron chi connectivity index (χ1n) is 14.2. The molecule has 34 heavy (non-hydrogen) atoms. The zero-order valence-electron chi connectivity index (χ0n) is 21.6. The summed E-state index contributed by atoms with van der Waals surface area (Å²) in [6.45, 7) is 5.98. The van der Waals surface area contributed by atoms with Gasteiger partial charge in [0.1, 0.15) is 6.10 Å². The van der Waals surface area contributed by atoms with E-state index in [1.54, 1.807) is 0 Å². The summed E-state index contributed by atoms with van der Waals surface area (Å²) in [5.74, 6) is 1.73. The van der Waals surface area contributed by atoms with Crippen molar-refractivity contribution in [1.29, 1.82) is 0 Å². The van der Waals surface area contributed by atoms with Crippen LogP contribution in [-0.2, 0) is 9.47 Å². The largest absolute Gasteiger partial charge is 0.373 e. The predicted molar refractivity (Wildman–Crippen MR) is 143 cm³/mol. The minimum absolute atomic E-state index is 0.0654. The van der Waals surface area contributed by atoms with Crippen molar-refractivity contribution >= 4 is 0 Å². The van der Waals surface area contributed by atoms with Gasteiger partial charge in [0, 0.05) is 0 Å². The number of hydrogen-bond donors (Lipinski definition) is 0. The molecule has 2 aromatic carbocycles. The average Bonchev–Trinajstić information content (AvgIpc) is 2.90. The minimum Gasteiger partial charge on any atom is -0.373 e. The topological polar surface area (TPSA) is 18.5 Å². The molecule has 0 bridgehead atoms. The lowest BCUT2D eigenvalue weighted by Crippen LogP contribution is -2.31. The van der Waals surface area contributed by atoms with Gasteiger partial charge < -0.3 is 9.47 Å². The maximum atomic E-state index is 6.18. The monoisotopic (exact) mass is 462 g/mol. The highest BCUT2D eigenvalue weighted by Crippen LogP contribution is 2.38. The number of hydrogen-bond acceptors (Lipinski definition) is 2. The van der Waals surface area contributed by atoms with Crippen LogP contribution in [0.5, 0.6) is 0 Å². The Morgan fingerprint density at radius 1 is 0.618 bits per heavy atom. The maximum absolute atomic E-state index is 6.18. The lowest BCUT2D eigenvalue weighted by Gasteiger charge is -2.30. The van der Waals surface area contributed by atoms with Gasteiger partial charge in [-0.15, -0.1) is 0 Å². The lowest BCUT2D eigenvalue weighted by atomic mass is 9.77. The van der Waals surface area contributed by atoms with E-state index in [2.05, 4.69) is 62.4 Å². The molecule has 1 aliphatic carbocycles. The van der Waals surface area contributed by atoms with Crippen LogP contribution in [0.25, 0.3) is 11.1 Å². The Hall–Kier alpha value is -1.64. The smallest absolute Gasteiger partial charge is 0.106 e. The summed E-state index contributed by atoms with van der Waals surface area (Å²) in [5.41, 5.74) is 5.34. The van der Waals surface area contributed by atoms with Crippen LogP contribution in [0, 0.1) is 5.92 Å². The molecule has 2 heteroatoms. The third-order valence-corrected chi connectivity index (χ3v) is 8.14. The SMILES string of the molecule is CCCCCCC[C@@H]1CO[C@@H](c2ccc(-c3ccc(C4CCC(CCC)CC4)cc3)cc2)CO1. The molecule has 0 N–H and O–H groups in total. The van der Waals surface area contributed by atoms with Gasteiger partial charge in [0.05, 0.1) is 19.3 Å². The molecule has 0 spiro atoms. The first-order valence-corrected chi connectivity index (χ1v) is 14.2. The van der Waals surface area contributed by atoms with Crippen LogP contribution in [0.3, 0.4) is 0 Å². The Labute approximate surface area is 208 Å². The van der Waals surface area contributed by atoms with Gasteiger partial charge in [0.25, 0.3) is 0 Å².